The number of aromatic amines is 1. The summed E-state index contributed by atoms with van der Waals surface area (Å²) in [6.45, 7) is 0.710. The number of sulfone groups is 1. The minimum absolute atomic E-state index is 0.176. The maximum atomic E-state index is 12.1. The van der Waals surface area contributed by atoms with Crippen LogP contribution in [0.1, 0.15) is 6.42 Å². The number of nitrogens with one attached hydrogen (secondary N) is 2. The highest BCUT2D eigenvalue weighted by atomic mass is 32.2. The normalized spacial score (nSPS) is 12.1. The number of rotatable bonds is 5. The molecule has 0 aliphatic rings. The Bertz CT molecular complexity index is 602. The van der Waals surface area contributed by atoms with Gasteiger partial charge in [0.2, 0.25) is 0 Å². The average molecular weight is 252 g/mol. The highest BCUT2D eigenvalue weighted by molar-refractivity contribution is 7.91. The van der Waals surface area contributed by atoms with Crippen LogP contribution in [0, 0.1) is 0 Å². The zero-order chi connectivity index (χ0) is 12.3. The molecule has 0 spiro atoms. The van der Waals surface area contributed by atoms with E-state index in [0.717, 1.165) is 10.9 Å². The van der Waals surface area contributed by atoms with Crippen molar-refractivity contribution in [1.29, 1.82) is 0 Å². The van der Waals surface area contributed by atoms with Gasteiger partial charge < -0.3 is 10.3 Å². The molecular formula is C12H16N2O2S. The standard InChI is InChI=1S/C12H16N2O2S/c1-13-7-4-8-17(15,16)12-9-14-11-6-3-2-5-10(11)12/h2-3,5-6,9,13-14H,4,7-8H2,1H3. The molecule has 0 unspecified atom stereocenters. The third-order valence-electron chi connectivity index (χ3n) is 2.73. The number of benzene rings is 1. The van der Waals surface area contributed by atoms with Gasteiger partial charge in [0.05, 0.1) is 10.6 Å². The molecule has 1 aromatic heterocycles. The molecule has 1 aromatic carbocycles. The SMILES string of the molecule is CNCCCS(=O)(=O)c1c[nH]c2ccccc12. The van der Waals surface area contributed by atoms with Gasteiger partial charge in [0.25, 0.3) is 0 Å². The van der Waals surface area contributed by atoms with Crippen LogP contribution in [0.25, 0.3) is 10.9 Å². The lowest BCUT2D eigenvalue weighted by Crippen LogP contribution is -2.14. The van der Waals surface area contributed by atoms with Gasteiger partial charge in [-0.2, -0.15) is 0 Å². The molecule has 0 fully saturated rings. The van der Waals surface area contributed by atoms with Crippen molar-refractivity contribution in [2.75, 3.05) is 19.3 Å². The first-order chi connectivity index (χ1) is 8.15. The van der Waals surface area contributed by atoms with Gasteiger partial charge in [-0.1, -0.05) is 18.2 Å². The van der Waals surface area contributed by atoms with Crippen molar-refractivity contribution in [1.82, 2.24) is 10.3 Å². The van der Waals surface area contributed by atoms with Crippen molar-refractivity contribution >= 4 is 20.7 Å². The van der Waals surface area contributed by atoms with Crippen LogP contribution in [0.3, 0.4) is 0 Å². The monoisotopic (exact) mass is 252 g/mol. The highest BCUT2D eigenvalue weighted by Gasteiger charge is 2.18. The third kappa shape index (κ3) is 2.50. The van der Waals surface area contributed by atoms with Crippen LogP contribution in [0.15, 0.2) is 35.4 Å². The van der Waals surface area contributed by atoms with Crippen LogP contribution < -0.4 is 5.32 Å². The quantitative estimate of drug-likeness (QED) is 0.794. The molecule has 1 heterocycles. The summed E-state index contributed by atoms with van der Waals surface area (Å²) < 4.78 is 24.3. The van der Waals surface area contributed by atoms with Crippen LogP contribution in [0.4, 0.5) is 0 Å². The van der Waals surface area contributed by atoms with E-state index >= 15 is 0 Å². The lowest BCUT2D eigenvalue weighted by Gasteiger charge is -2.02. The van der Waals surface area contributed by atoms with Crippen molar-refractivity contribution in [3.05, 3.63) is 30.5 Å². The van der Waals surface area contributed by atoms with Crippen LogP contribution in [0.2, 0.25) is 0 Å². The fourth-order valence-electron chi connectivity index (χ4n) is 1.85. The molecule has 2 rings (SSSR count). The zero-order valence-corrected chi connectivity index (χ0v) is 10.5. The predicted molar refractivity (Wildman–Crippen MR) is 68.9 cm³/mol. The fraction of sp³-hybridized carbons (Fsp3) is 0.333. The van der Waals surface area contributed by atoms with Crippen LogP contribution in [0.5, 0.6) is 0 Å². The van der Waals surface area contributed by atoms with Gasteiger partial charge in [-0.3, -0.25) is 0 Å². The lowest BCUT2D eigenvalue weighted by molar-refractivity contribution is 0.592. The minimum atomic E-state index is -3.19. The Balaban J connectivity index is 2.33. The second-order valence-electron chi connectivity index (χ2n) is 3.97. The summed E-state index contributed by atoms with van der Waals surface area (Å²) in [5, 5.41) is 3.73. The summed E-state index contributed by atoms with van der Waals surface area (Å²) in [4.78, 5) is 3.40. The molecule has 92 valence electrons. The molecule has 2 N–H and O–H groups in total. The molecule has 4 nitrogen and oxygen atoms in total. The van der Waals surface area contributed by atoms with Gasteiger partial charge in [-0.15, -0.1) is 0 Å². The first-order valence-corrected chi connectivity index (χ1v) is 7.24. The Hall–Kier alpha value is -1.33. The number of aromatic nitrogens is 1. The van der Waals surface area contributed by atoms with Crippen molar-refractivity contribution in [3.8, 4) is 0 Å². The maximum absolute atomic E-state index is 12.1. The van der Waals surface area contributed by atoms with Crippen molar-refractivity contribution in [2.24, 2.45) is 0 Å². The lowest BCUT2D eigenvalue weighted by atomic mass is 10.2. The van der Waals surface area contributed by atoms with Gasteiger partial charge in [-0.25, -0.2) is 8.42 Å². The molecule has 0 bridgehead atoms. The molecule has 0 saturated heterocycles. The molecule has 0 amide bonds. The van der Waals surface area contributed by atoms with E-state index in [1.807, 2.05) is 31.3 Å². The summed E-state index contributed by atoms with van der Waals surface area (Å²) in [6, 6.07) is 7.44. The molecule has 0 aliphatic heterocycles. The van der Waals surface area contributed by atoms with Gasteiger partial charge >= 0.3 is 0 Å². The molecule has 0 aliphatic carbocycles. The Morgan fingerprint density at radius 1 is 1.29 bits per heavy atom. The first-order valence-electron chi connectivity index (χ1n) is 5.58. The van der Waals surface area contributed by atoms with Gasteiger partial charge in [0, 0.05) is 17.1 Å². The second-order valence-corrected chi connectivity index (χ2v) is 6.05. The van der Waals surface area contributed by atoms with Crippen molar-refractivity contribution < 1.29 is 8.42 Å². The number of fused-ring (bicyclic) bond motifs is 1. The molecule has 5 heteroatoms. The Kier molecular flexibility index (Phi) is 3.49. The number of H-pyrrole nitrogens is 1. The Labute approximate surface area is 101 Å². The van der Waals surface area contributed by atoms with Gasteiger partial charge in [0.1, 0.15) is 0 Å². The average Bonchev–Trinajstić information content (AvgIpc) is 2.73. The van der Waals surface area contributed by atoms with E-state index in [0.29, 0.717) is 17.9 Å². The summed E-state index contributed by atoms with van der Waals surface area (Å²) in [5.41, 5.74) is 0.861. The Morgan fingerprint density at radius 3 is 2.82 bits per heavy atom. The zero-order valence-electron chi connectivity index (χ0n) is 9.73. The molecule has 0 radical (unpaired) electrons. The van der Waals surface area contributed by atoms with Crippen molar-refractivity contribution in [2.45, 2.75) is 11.3 Å². The van der Waals surface area contributed by atoms with E-state index in [2.05, 4.69) is 10.3 Å². The topological polar surface area (TPSA) is 62.0 Å². The molecule has 0 atom stereocenters. The number of hydrogen-bond acceptors (Lipinski definition) is 3. The largest absolute Gasteiger partial charge is 0.360 e. The van der Waals surface area contributed by atoms with E-state index in [4.69, 9.17) is 0 Å². The van der Waals surface area contributed by atoms with E-state index in [1.54, 1.807) is 6.20 Å². The number of hydrogen-bond donors (Lipinski definition) is 2. The minimum Gasteiger partial charge on any atom is -0.360 e. The fourth-order valence-corrected chi connectivity index (χ4v) is 3.35. The van der Waals surface area contributed by atoms with Gasteiger partial charge in [-0.05, 0) is 26.1 Å². The first kappa shape index (κ1) is 12.1. The van der Waals surface area contributed by atoms with Gasteiger partial charge in [0.15, 0.2) is 9.84 Å². The van der Waals surface area contributed by atoms with E-state index < -0.39 is 9.84 Å². The molecular weight excluding hydrogens is 236 g/mol. The summed E-state index contributed by atoms with van der Waals surface area (Å²) in [5.74, 6) is 0.176. The summed E-state index contributed by atoms with van der Waals surface area (Å²) in [7, 11) is -1.37. The smallest absolute Gasteiger partial charge is 0.180 e. The third-order valence-corrected chi connectivity index (χ3v) is 4.56. The van der Waals surface area contributed by atoms with Crippen LogP contribution >= 0.6 is 0 Å². The van der Waals surface area contributed by atoms with Crippen molar-refractivity contribution in [3.63, 3.8) is 0 Å². The maximum Gasteiger partial charge on any atom is 0.180 e. The van der Waals surface area contributed by atoms with E-state index in [1.165, 1.54) is 0 Å². The summed E-state index contributed by atoms with van der Waals surface area (Å²) in [6.07, 6.45) is 2.21. The Morgan fingerprint density at radius 2 is 2.06 bits per heavy atom. The molecule has 17 heavy (non-hydrogen) atoms. The predicted octanol–water partition coefficient (Wildman–Crippen LogP) is 1.55. The van der Waals surface area contributed by atoms with Crippen LogP contribution in [-0.2, 0) is 9.84 Å². The highest BCUT2D eigenvalue weighted by Crippen LogP contribution is 2.23. The van der Waals surface area contributed by atoms with E-state index in [9.17, 15) is 8.42 Å². The molecule has 2 aromatic rings. The van der Waals surface area contributed by atoms with Crippen LogP contribution in [-0.4, -0.2) is 32.7 Å². The van der Waals surface area contributed by atoms with E-state index in [-0.39, 0.29) is 5.75 Å². The summed E-state index contributed by atoms with van der Waals surface area (Å²) >= 11 is 0. The second kappa shape index (κ2) is 4.89. The number of para-hydroxylation sites is 1. The molecule has 0 saturated carbocycles.